The largest absolute Gasteiger partial charge is 0.504 e. The zero-order valence-corrected chi connectivity index (χ0v) is 11.7. The number of benzene rings is 2. The van der Waals surface area contributed by atoms with Gasteiger partial charge in [0.05, 0.1) is 12.6 Å². The molecule has 3 rings (SSSR count). The molecule has 21 heavy (non-hydrogen) atoms. The molecule has 3 aromatic rings. The van der Waals surface area contributed by atoms with Crippen LogP contribution in [0.15, 0.2) is 54.7 Å². The van der Waals surface area contributed by atoms with Crippen molar-refractivity contribution >= 4 is 16.6 Å². The number of hydrogen-bond acceptors (Lipinski definition) is 4. The van der Waals surface area contributed by atoms with Crippen molar-refractivity contribution in [2.45, 2.75) is 6.54 Å². The average molecular weight is 280 g/mol. The molecule has 0 aliphatic carbocycles. The van der Waals surface area contributed by atoms with Gasteiger partial charge >= 0.3 is 0 Å². The predicted octanol–water partition coefficient (Wildman–Crippen LogP) is 3.56. The molecule has 0 spiro atoms. The van der Waals surface area contributed by atoms with Crippen molar-refractivity contribution < 1.29 is 9.84 Å². The lowest BCUT2D eigenvalue weighted by atomic mass is 10.1. The Morgan fingerprint density at radius 3 is 2.81 bits per heavy atom. The molecule has 0 unspecified atom stereocenters. The van der Waals surface area contributed by atoms with Crippen LogP contribution in [0.4, 0.5) is 5.69 Å². The number of hydrogen-bond donors (Lipinski definition) is 2. The summed E-state index contributed by atoms with van der Waals surface area (Å²) in [5, 5.41) is 14.2. The summed E-state index contributed by atoms with van der Waals surface area (Å²) in [5.41, 5.74) is 2.99. The molecule has 4 heteroatoms. The maximum absolute atomic E-state index is 9.79. The molecule has 0 fully saturated rings. The number of phenols is 1. The summed E-state index contributed by atoms with van der Waals surface area (Å²) in [6.07, 6.45) is 1.81. The first-order valence-corrected chi connectivity index (χ1v) is 6.71. The van der Waals surface area contributed by atoms with Gasteiger partial charge in [-0.05, 0) is 29.8 Å². The van der Waals surface area contributed by atoms with E-state index in [0.29, 0.717) is 12.3 Å². The molecule has 106 valence electrons. The second-order valence-corrected chi connectivity index (χ2v) is 4.73. The van der Waals surface area contributed by atoms with Gasteiger partial charge in [0, 0.05) is 29.9 Å². The van der Waals surface area contributed by atoms with E-state index >= 15 is 0 Å². The summed E-state index contributed by atoms with van der Waals surface area (Å²) in [7, 11) is 1.53. The Balaban J connectivity index is 1.82. The number of para-hydroxylation sites is 1. The Morgan fingerprint density at radius 1 is 1.14 bits per heavy atom. The number of methoxy groups -OCH3 is 1. The van der Waals surface area contributed by atoms with E-state index in [-0.39, 0.29) is 5.75 Å². The van der Waals surface area contributed by atoms with Gasteiger partial charge in [0.15, 0.2) is 11.5 Å². The van der Waals surface area contributed by atoms with Gasteiger partial charge in [0.1, 0.15) is 0 Å². The second-order valence-electron chi connectivity index (χ2n) is 4.73. The van der Waals surface area contributed by atoms with Crippen molar-refractivity contribution in [2.75, 3.05) is 12.4 Å². The molecule has 4 nitrogen and oxygen atoms in total. The third kappa shape index (κ3) is 2.74. The fourth-order valence-electron chi connectivity index (χ4n) is 2.31. The van der Waals surface area contributed by atoms with Crippen molar-refractivity contribution in [3.05, 3.63) is 60.3 Å². The summed E-state index contributed by atoms with van der Waals surface area (Å²) in [6, 6.07) is 15.3. The van der Waals surface area contributed by atoms with Crippen molar-refractivity contribution in [1.82, 2.24) is 4.98 Å². The van der Waals surface area contributed by atoms with E-state index in [2.05, 4.69) is 16.4 Å². The van der Waals surface area contributed by atoms with E-state index in [4.69, 9.17) is 4.74 Å². The van der Waals surface area contributed by atoms with Crippen molar-refractivity contribution in [3.63, 3.8) is 0 Å². The highest BCUT2D eigenvalue weighted by atomic mass is 16.5. The van der Waals surface area contributed by atoms with E-state index < -0.39 is 0 Å². The first-order chi connectivity index (χ1) is 10.3. The van der Waals surface area contributed by atoms with Gasteiger partial charge in [0.2, 0.25) is 0 Å². The van der Waals surface area contributed by atoms with Gasteiger partial charge < -0.3 is 15.2 Å². The smallest absolute Gasteiger partial charge is 0.160 e. The zero-order chi connectivity index (χ0) is 14.7. The van der Waals surface area contributed by atoms with E-state index in [1.165, 1.54) is 7.11 Å². The minimum atomic E-state index is 0.127. The number of nitrogens with one attached hydrogen (secondary N) is 1. The SMILES string of the molecule is COc1ccc(NCc2ccnc3ccccc23)cc1O. The lowest BCUT2D eigenvalue weighted by Crippen LogP contribution is -2.00. The summed E-state index contributed by atoms with van der Waals surface area (Å²) < 4.78 is 5.03. The molecule has 2 N–H and O–H groups in total. The maximum atomic E-state index is 9.79. The molecule has 1 aromatic heterocycles. The van der Waals surface area contributed by atoms with Gasteiger partial charge in [-0.15, -0.1) is 0 Å². The summed E-state index contributed by atoms with van der Waals surface area (Å²) in [5.74, 6) is 0.594. The number of aromatic hydroxyl groups is 1. The van der Waals surface area contributed by atoms with Gasteiger partial charge in [-0.1, -0.05) is 18.2 Å². The summed E-state index contributed by atoms with van der Waals surface area (Å²) >= 11 is 0. The molecule has 0 atom stereocenters. The highest BCUT2D eigenvalue weighted by molar-refractivity contribution is 5.82. The minimum absolute atomic E-state index is 0.127. The third-order valence-electron chi connectivity index (χ3n) is 3.40. The van der Waals surface area contributed by atoms with Crippen LogP contribution >= 0.6 is 0 Å². The van der Waals surface area contributed by atoms with Crippen LogP contribution in [-0.4, -0.2) is 17.2 Å². The molecular formula is C17H16N2O2. The zero-order valence-electron chi connectivity index (χ0n) is 11.7. The normalized spacial score (nSPS) is 10.5. The average Bonchev–Trinajstić information content (AvgIpc) is 2.53. The van der Waals surface area contributed by atoms with Gasteiger partial charge in [-0.3, -0.25) is 4.98 Å². The number of fused-ring (bicyclic) bond motifs is 1. The Labute approximate surface area is 123 Å². The molecule has 0 amide bonds. The topological polar surface area (TPSA) is 54.4 Å². The summed E-state index contributed by atoms with van der Waals surface area (Å²) in [4.78, 5) is 4.35. The van der Waals surface area contributed by atoms with E-state index in [1.54, 1.807) is 12.1 Å². The number of phenolic OH excluding ortho intramolecular Hbond substituents is 1. The van der Waals surface area contributed by atoms with E-state index in [1.807, 2.05) is 36.5 Å². The number of aromatic nitrogens is 1. The predicted molar refractivity (Wildman–Crippen MR) is 83.7 cm³/mol. The first kappa shape index (κ1) is 13.2. The number of pyridine rings is 1. The van der Waals surface area contributed by atoms with Crippen LogP contribution in [0.25, 0.3) is 10.9 Å². The maximum Gasteiger partial charge on any atom is 0.160 e. The number of ether oxygens (including phenoxy) is 1. The van der Waals surface area contributed by atoms with Crippen LogP contribution in [0, 0.1) is 0 Å². The Hall–Kier alpha value is -2.75. The minimum Gasteiger partial charge on any atom is -0.504 e. The molecule has 0 aliphatic heterocycles. The van der Waals surface area contributed by atoms with Crippen molar-refractivity contribution in [3.8, 4) is 11.5 Å². The number of anilines is 1. The van der Waals surface area contributed by atoms with Crippen LogP contribution in [-0.2, 0) is 6.54 Å². The lowest BCUT2D eigenvalue weighted by Gasteiger charge is -2.10. The highest BCUT2D eigenvalue weighted by Crippen LogP contribution is 2.29. The van der Waals surface area contributed by atoms with Crippen molar-refractivity contribution in [2.24, 2.45) is 0 Å². The molecule has 0 saturated carbocycles. The van der Waals surface area contributed by atoms with E-state index in [0.717, 1.165) is 22.2 Å². The molecule has 0 saturated heterocycles. The van der Waals surface area contributed by atoms with Crippen LogP contribution in [0.5, 0.6) is 11.5 Å². The molecular weight excluding hydrogens is 264 g/mol. The Morgan fingerprint density at radius 2 is 2.00 bits per heavy atom. The van der Waals surface area contributed by atoms with Gasteiger partial charge in [-0.2, -0.15) is 0 Å². The van der Waals surface area contributed by atoms with Gasteiger partial charge in [-0.25, -0.2) is 0 Å². The molecule has 0 bridgehead atoms. The van der Waals surface area contributed by atoms with Crippen LogP contribution in [0.3, 0.4) is 0 Å². The lowest BCUT2D eigenvalue weighted by molar-refractivity contribution is 0.373. The van der Waals surface area contributed by atoms with Crippen LogP contribution in [0.2, 0.25) is 0 Å². The fourth-order valence-corrected chi connectivity index (χ4v) is 2.31. The summed E-state index contributed by atoms with van der Waals surface area (Å²) in [6.45, 7) is 0.662. The quantitative estimate of drug-likeness (QED) is 0.767. The van der Waals surface area contributed by atoms with Crippen LogP contribution < -0.4 is 10.1 Å². The first-order valence-electron chi connectivity index (χ1n) is 6.71. The molecule has 2 aromatic carbocycles. The molecule has 0 radical (unpaired) electrons. The second kappa shape index (κ2) is 5.71. The molecule has 0 aliphatic rings. The Bertz CT molecular complexity index is 766. The van der Waals surface area contributed by atoms with Gasteiger partial charge in [0.25, 0.3) is 0 Å². The Kier molecular flexibility index (Phi) is 3.60. The molecule has 1 heterocycles. The van der Waals surface area contributed by atoms with Crippen LogP contribution in [0.1, 0.15) is 5.56 Å². The monoisotopic (exact) mass is 280 g/mol. The third-order valence-corrected chi connectivity index (χ3v) is 3.40. The van der Waals surface area contributed by atoms with Crippen molar-refractivity contribution in [1.29, 1.82) is 0 Å². The number of nitrogens with zero attached hydrogens (tertiary/aromatic N) is 1. The fraction of sp³-hybridized carbons (Fsp3) is 0.118. The standard InChI is InChI=1S/C17H16N2O2/c1-21-17-7-6-13(10-16(17)20)19-11-12-8-9-18-15-5-3-2-4-14(12)15/h2-10,19-20H,11H2,1H3. The highest BCUT2D eigenvalue weighted by Gasteiger charge is 2.04. The van der Waals surface area contributed by atoms with E-state index in [9.17, 15) is 5.11 Å². The number of rotatable bonds is 4.